The Kier molecular flexibility index (Phi) is 3.26. The molecule has 0 aliphatic heterocycles. The first kappa shape index (κ1) is 15.5. The van der Waals surface area contributed by atoms with Gasteiger partial charge in [-0.25, -0.2) is 0 Å². The highest BCUT2D eigenvalue weighted by molar-refractivity contribution is 7.28. The minimum absolute atomic E-state index is 0.307. The molecule has 0 aliphatic rings. The van der Waals surface area contributed by atoms with Crippen LogP contribution < -0.4 is 4.65 Å². The summed E-state index contributed by atoms with van der Waals surface area (Å²) in [7, 11) is -0.307. The van der Waals surface area contributed by atoms with Crippen molar-refractivity contribution in [2.45, 2.75) is 0 Å². The summed E-state index contributed by atoms with van der Waals surface area (Å²) < 4.78 is 10.5. The van der Waals surface area contributed by atoms with Crippen LogP contribution in [0.25, 0.3) is 51.1 Å². The molecule has 0 bridgehead atoms. The number of hydrogen-bond donors (Lipinski definition) is 1. The summed E-state index contributed by atoms with van der Waals surface area (Å²) in [5.74, 6) is 0.699. The first-order chi connectivity index (χ1) is 13.3. The summed E-state index contributed by atoms with van der Waals surface area (Å²) in [5, 5.41) is 16.7. The van der Waals surface area contributed by atoms with E-state index < -0.39 is 0 Å². The normalized spacial score (nSPS) is 11.9. The lowest BCUT2D eigenvalue weighted by molar-refractivity contribution is 0.454. The summed E-state index contributed by atoms with van der Waals surface area (Å²) in [6.45, 7) is 0. The van der Waals surface area contributed by atoms with E-state index in [2.05, 4.69) is 54.6 Å². The molecule has 0 saturated heterocycles. The Labute approximate surface area is 163 Å². The highest BCUT2D eigenvalue weighted by Gasteiger charge is 2.13. The topological polar surface area (TPSA) is 29.5 Å². The van der Waals surface area contributed by atoms with Crippen LogP contribution in [0.2, 0.25) is 0 Å². The lowest BCUT2D eigenvalue weighted by Crippen LogP contribution is -1.98. The molecule has 0 spiro atoms. The number of hydrogen-bond acceptors (Lipinski definition) is 4. The fraction of sp³-hybridized carbons (Fsp3) is 0. The van der Waals surface area contributed by atoms with Crippen molar-refractivity contribution >= 4 is 81.5 Å². The van der Waals surface area contributed by atoms with E-state index in [9.17, 15) is 0 Å². The van der Waals surface area contributed by atoms with Gasteiger partial charge in [-0.15, -0.1) is 22.7 Å². The highest BCUT2D eigenvalue weighted by atomic mass is 32.1. The maximum Gasteiger partial charge on any atom is 0.504 e. The molecule has 0 aliphatic carbocycles. The Morgan fingerprint density at radius 2 is 1.44 bits per heavy atom. The smallest absolute Gasteiger partial charge is 0.504 e. The first-order valence-corrected chi connectivity index (χ1v) is 10.4. The second-order valence-corrected chi connectivity index (χ2v) is 8.81. The molecule has 6 aromatic rings. The predicted octanol–water partition coefficient (Wildman–Crippen LogP) is 6.21. The van der Waals surface area contributed by atoms with Crippen molar-refractivity contribution in [2.24, 2.45) is 0 Å². The molecular weight excluding hydrogens is 371 g/mol. The molecule has 6 rings (SSSR count). The lowest BCUT2D eigenvalue weighted by atomic mass is 10.0. The average Bonchev–Trinajstić information content (AvgIpc) is 3.23. The molecule has 0 unspecified atom stereocenters. The van der Waals surface area contributed by atoms with Crippen molar-refractivity contribution in [1.29, 1.82) is 0 Å². The van der Waals surface area contributed by atoms with Gasteiger partial charge in [0.1, 0.15) is 5.75 Å². The summed E-state index contributed by atoms with van der Waals surface area (Å²) in [5.41, 5.74) is 0. The van der Waals surface area contributed by atoms with E-state index in [0.29, 0.717) is 5.75 Å². The van der Waals surface area contributed by atoms with Crippen molar-refractivity contribution < 1.29 is 9.68 Å². The molecule has 2 aromatic heterocycles. The molecule has 0 saturated carbocycles. The quantitative estimate of drug-likeness (QED) is 0.360. The van der Waals surface area contributed by atoms with Crippen LogP contribution in [-0.2, 0) is 0 Å². The summed E-state index contributed by atoms with van der Waals surface area (Å²) >= 11 is 3.67. The third-order valence-corrected chi connectivity index (χ3v) is 7.41. The molecular formula is C22H13BO2S2. The second-order valence-electron chi connectivity index (χ2n) is 6.64. The fourth-order valence-electron chi connectivity index (χ4n) is 3.96. The van der Waals surface area contributed by atoms with E-state index in [1.165, 1.54) is 51.1 Å². The van der Waals surface area contributed by atoms with Crippen LogP contribution in [0.1, 0.15) is 0 Å². The molecule has 0 fully saturated rings. The van der Waals surface area contributed by atoms with Crippen LogP contribution in [0.15, 0.2) is 66.7 Å². The van der Waals surface area contributed by atoms with Crippen LogP contribution in [0, 0.1) is 0 Å². The minimum atomic E-state index is -0.307. The molecule has 5 heteroatoms. The molecule has 4 aromatic carbocycles. The fourth-order valence-corrected chi connectivity index (χ4v) is 6.28. The molecule has 128 valence electrons. The SMILES string of the molecule is OBOc1ccc2sc3cc4sc5ccc6ccccc6c5c4cc3c2c1. The third-order valence-electron chi connectivity index (χ3n) is 5.15. The highest BCUT2D eigenvalue weighted by Crippen LogP contribution is 2.44. The van der Waals surface area contributed by atoms with Crippen molar-refractivity contribution in [1.82, 2.24) is 0 Å². The Balaban J connectivity index is 1.76. The van der Waals surface area contributed by atoms with Gasteiger partial charge in [-0.1, -0.05) is 30.3 Å². The molecule has 2 nitrogen and oxygen atoms in total. The number of benzene rings is 4. The summed E-state index contributed by atoms with van der Waals surface area (Å²) in [6.07, 6.45) is 0. The Bertz CT molecular complexity index is 1500. The number of rotatable bonds is 2. The van der Waals surface area contributed by atoms with E-state index >= 15 is 0 Å². The monoisotopic (exact) mass is 384 g/mol. The van der Waals surface area contributed by atoms with Gasteiger partial charge < -0.3 is 9.68 Å². The van der Waals surface area contributed by atoms with Gasteiger partial charge in [0.2, 0.25) is 0 Å². The van der Waals surface area contributed by atoms with Crippen LogP contribution in [0.3, 0.4) is 0 Å². The van der Waals surface area contributed by atoms with E-state index in [-0.39, 0.29) is 7.69 Å². The minimum Gasteiger partial charge on any atom is -0.539 e. The van der Waals surface area contributed by atoms with Gasteiger partial charge >= 0.3 is 7.69 Å². The van der Waals surface area contributed by atoms with Crippen LogP contribution >= 0.6 is 22.7 Å². The lowest BCUT2D eigenvalue weighted by Gasteiger charge is -2.02. The second kappa shape index (κ2) is 5.70. The van der Waals surface area contributed by atoms with Crippen molar-refractivity contribution in [3.8, 4) is 5.75 Å². The Morgan fingerprint density at radius 3 is 2.37 bits per heavy atom. The predicted molar refractivity (Wildman–Crippen MR) is 120 cm³/mol. The van der Waals surface area contributed by atoms with Crippen molar-refractivity contribution in [3.05, 3.63) is 66.7 Å². The summed E-state index contributed by atoms with van der Waals surface area (Å²) in [4.78, 5) is 0. The van der Waals surface area contributed by atoms with Crippen LogP contribution in [0.5, 0.6) is 5.75 Å². The maximum absolute atomic E-state index is 9.07. The third kappa shape index (κ3) is 2.23. The van der Waals surface area contributed by atoms with Gasteiger partial charge in [0.25, 0.3) is 0 Å². The van der Waals surface area contributed by atoms with E-state index in [1.807, 2.05) is 23.5 Å². The van der Waals surface area contributed by atoms with E-state index in [4.69, 9.17) is 9.68 Å². The Morgan fingerprint density at radius 1 is 0.667 bits per heavy atom. The average molecular weight is 384 g/mol. The van der Waals surface area contributed by atoms with Gasteiger partial charge in [0, 0.05) is 40.3 Å². The van der Waals surface area contributed by atoms with Gasteiger partial charge in [-0.2, -0.15) is 0 Å². The van der Waals surface area contributed by atoms with Gasteiger partial charge in [-0.3, -0.25) is 0 Å². The summed E-state index contributed by atoms with van der Waals surface area (Å²) in [6, 6.07) is 23.7. The Hall–Kier alpha value is -2.60. The van der Waals surface area contributed by atoms with Crippen LogP contribution in [0.4, 0.5) is 0 Å². The number of thiophene rings is 2. The molecule has 2 heterocycles. The number of fused-ring (bicyclic) bond motifs is 8. The van der Waals surface area contributed by atoms with Crippen molar-refractivity contribution in [2.75, 3.05) is 0 Å². The first-order valence-electron chi connectivity index (χ1n) is 8.76. The van der Waals surface area contributed by atoms with E-state index in [0.717, 1.165) is 0 Å². The maximum atomic E-state index is 9.07. The molecule has 0 atom stereocenters. The van der Waals surface area contributed by atoms with Gasteiger partial charge in [0.05, 0.1) is 0 Å². The van der Waals surface area contributed by atoms with Crippen molar-refractivity contribution in [3.63, 3.8) is 0 Å². The molecule has 0 radical (unpaired) electrons. The zero-order valence-corrected chi connectivity index (χ0v) is 15.9. The van der Waals surface area contributed by atoms with Crippen LogP contribution in [-0.4, -0.2) is 12.7 Å². The van der Waals surface area contributed by atoms with Gasteiger partial charge in [0.15, 0.2) is 0 Å². The molecule has 1 N–H and O–H groups in total. The zero-order chi connectivity index (χ0) is 18.0. The molecule has 0 amide bonds. The van der Waals surface area contributed by atoms with E-state index in [1.54, 1.807) is 11.3 Å². The largest absolute Gasteiger partial charge is 0.539 e. The standard InChI is InChI=1S/C22H13BO2S2/c24-23-25-13-6-8-18-15(9-13)16-10-17-21(11-20(16)26-18)27-19-7-5-12-3-1-2-4-14(12)22(17)19/h1-11,23-24H. The van der Waals surface area contributed by atoms with Gasteiger partial charge in [-0.05, 0) is 47.2 Å². The molecule has 27 heavy (non-hydrogen) atoms. The zero-order valence-electron chi connectivity index (χ0n) is 14.2.